The van der Waals surface area contributed by atoms with E-state index in [9.17, 15) is 0 Å². The van der Waals surface area contributed by atoms with Crippen molar-refractivity contribution in [2.45, 2.75) is 0 Å². The second kappa shape index (κ2) is 10.6. The second-order valence-corrected chi connectivity index (χ2v) is 12.6. The van der Waals surface area contributed by atoms with Crippen molar-refractivity contribution in [3.05, 3.63) is 182 Å². The summed E-state index contributed by atoms with van der Waals surface area (Å²) in [7, 11) is 0. The monoisotopic (exact) mass is 610 g/mol. The summed E-state index contributed by atoms with van der Waals surface area (Å²) in [5.74, 6) is 0. The van der Waals surface area contributed by atoms with Crippen molar-refractivity contribution in [2.75, 3.05) is 0 Å². The molecule has 8 aromatic carbocycles. The van der Waals surface area contributed by atoms with Crippen LogP contribution in [0, 0.1) is 0 Å². The molecule has 2 nitrogen and oxygen atoms in total. The lowest BCUT2D eigenvalue weighted by Crippen LogP contribution is -1.94. The molecule has 2 heterocycles. The Labute approximate surface area is 278 Å². The quantitative estimate of drug-likeness (QED) is 0.188. The fraction of sp³-hybridized carbons (Fsp3) is 0. The van der Waals surface area contributed by atoms with Crippen LogP contribution in [-0.4, -0.2) is 9.13 Å². The second-order valence-electron chi connectivity index (χ2n) is 12.6. The van der Waals surface area contributed by atoms with E-state index in [2.05, 4.69) is 191 Å². The smallest absolute Gasteiger partial charge is 0.0547 e. The molecule has 10 aromatic rings. The van der Waals surface area contributed by atoms with Crippen molar-refractivity contribution in [3.63, 3.8) is 0 Å². The maximum absolute atomic E-state index is 2.43. The summed E-state index contributed by atoms with van der Waals surface area (Å²) >= 11 is 0. The van der Waals surface area contributed by atoms with Crippen LogP contribution in [0.3, 0.4) is 0 Å². The Bertz CT molecular complexity index is 2830. The van der Waals surface area contributed by atoms with Gasteiger partial charge in [-0.1, -0.05) is 133 Å². The average Bonchev–Trinajstić information content (AvgIpc) is 3.68. The summed E-state index contributed by atoms with van der Waals surface area (Å²) in [4.78, 5) is 0. The van der Waals surface area contributed by atoms with Gasteiger partial charge in [0.1, 0.15) is 0 Å². The molecule has 0 bridgehead atoms. The van der Waals surface area contributed by atoms with Gasteiger partial charge in [0.25, 0.3) is 0 Å². The molecular weight excluding hydrogens is 581 g/mol. The van der Waals surface area contributed by atoms with Gasteiger partial charge >= 0.3 is 0 Å². The Morgan fingerprint density at radius 1 is 0.292 bits per heavy atom. The summed E-state index contributed by atoms with van der Waals surface area (Å²) in [5.41, 5.74) is 12.1. The third-order valence-electron chi connectivity index (χ3n) is 9.89. The van der Waals surface area contributed by atoms with Gasteiger partial charge in [0.15, 0.2) is 0 Å². The minimum Gasteiger partial charge on any atom is -0.309 e. The van der Waals surface area contributed by atoms with E-state index < -0.39 is 0 Å². The Morgan fingerprint density at radius 3 is 1.46 bits per heavy atom. The molecule has 224 valence electrons. The predicted octanol–water partition coefficient (Wildman–Crippen LogP) is 12.4. The first-order valence-corrected chi connectivity index (χ1v) is 16.5. The van der Waals surface area contributed by atoms with Crippen LogP contribution in [0.25, 0.3) is 88.0 Å². The Morgan fingerprint density at radius 2 is 0.792 bits per heavy atom. The zero-order valence-corrected chi connectivity index (χ0v) is 26.2. The lowest BCUT2D eigenvalue weighted by atomic mass is 9.95. The number of hydrogen-bond donors (Lipinski definition) is 0. The summed E-state index contributed by atoms with van der Waals surface area (Å²) in [5, 5.41) is 7.55. The van der Waals surface area contributed by atoms with Gasteiger partial charge in [-0.3, -0.25) is 0 Å². The third-order valence-corrected chi connectivity index (χ3v) is 9.89. The SMILES string of the molecule is c1ccc(-c2cccc(-n3c4ccccc4c4c(-c5cccc6c5c5ccccc5n6-c5ccc6ccccc6c5)cccc43)c2)cc1. The van der Waals surface area contributed by atoms with Gasteiger partial charge in [-0.05, 0) is 81.6 Å². The van der Waals surface area contributed by atoms with E-state index in [1.165, 1.54) is 82.3 Å². The minimum atomic E-state index is 1.16. The maximum atomic E-state index is 2.43. The molecule has 0 aliphatic carbocycles. The minimum absolute atomic E-state index is 1.16. The van der Waals surface area contributed by atoms with E-state index in [0.717, 1.165) is 5.69 Å². The van der Waals surface area contributed by atoms with Gasteiger partial charge in [-0.15, -0.1) is 0 Å². The molecule has 2 aromatic heterocycles. The van der Waals surface area contributed by atoms with Gasteiger partial charge in [-0.2, -0.15) is 0 Å². The fourth-order valence-electron chi connectivity index (χ4n) is 7.81. The zero-order valence-electron chi connectivity index (χ0n) is 26.2. The van der Waals surface area contributed by atoms with Crippen LogP contribution in [0.4, 0.5) is 0 Å². The predicted molar refractivity (Wildman–Crippen MR) is 203 cm³/mol. The van der Waals surface area contributed by atoms with Gasteiger partial charge in [0.2, 0.25) is 0 Å². The average molecular weight is 611 g/mol. The van der Waals surface area contributed by atoms with E-state index in [1.807, 2.05) is 0 Å². The number of aromatic nitrogens is 2. The highest BCUT2D eigenvalue weighted by Crippen LogP contribution is 2.44. The van der Waals surface area contributed by atoms with Crippen LogP contribution in [-0.2, 0) is 0 Å². The molecule has 2 heteroatoms. The first-order chi connectivity index (χ1) is 23.8. The Hall–Kier alpha value is -6.38. The molecule has 10 rings (SSSR count). The van der Waals surface area contributed by atoms with Crippen molar-refractivity contribution in [1.29, 1.82) is 0 Å². The molecule has 0 spiro atoms. The Kier molecular flexibility index (Phi) is 5.91. The van der Waals surface area contributed by atoms with Gasteiger partial charge < -0.3 is 9.13 Å². The summed E-state index contributed by atoms with van der Waals surface area (Å²) in [6, 6.07) is 66.2. The van der Waals surface area contributed by atoms with Crippen molar-refractivity contribution in [3.8, 4) is 33.6 Å². The van der Waals surface area contributed by atoms with E-state index in [-0.39, 0.29) is 0 Å². The normalized spacial score (nSPS) is 11.8. The number of rotatable bonds is 4. The molecule has 0 saturated carbocycles. The van der Waals surface area contributed by atoms with E-state index in [1.54, 1.807) is 0 Å². The number of benzene rings is 8. The summed E-state index contributed by atoms with van der Waals surface area (Å²) < 4.78 is 4.86. The van der Waals surface area contributed by atoms with Gasteiger partial charge in [-0.25, -0.2) is 0 Å². The molecule has 0 fully saturated rings. The zero-order chi connectivity index (χ0) is 31.6. The molecule has 0 N–H and O–H groups in total. The van der Waals surface area contributed by atoms with Gasteiger partial charge in [0.05, 0.1) is 22.1 Å². The van der Waals surface area contributed by atoms with E-state index in [0.29, 0.717) is 0 Å². The molecule has 0 aliphatic heterocycles. The molecule has 0 aliphatic rings. The van der Waals surface area contributed by atoms with Crippen molar-refractivity contribution < 1.29 is 0 Å². The lowest BCUT2D eigenvalue weighted by molar-refractivity contribution is 1.18. The number of nitrogens with zero attached hydrogens (tertiary/aromatic N) is 2. The largest absolute Gasteiger partial charge is 0.309 e. The molecule has 0 unspecified atom stereocenters. The van der Waals surface area contributed by atoms with Crippen LogP contribution in [0.1, 0.15) is 0 Å². The number of fused-ring (bicyclic) bond motifs is 7. The standard InChI is InChI=1S/C46H30N2/c1-2-13-31(14-3-1)34-17-10-18-35(29-34)47-41-23-8-6-19-39(41)45-37(21-11-25-43(45)47)38-22-12-26-44-46(38)40-20-7-9-24-42(40)48(44)36-28-27-32-15-4-5-16-33(32)30-36/h1-30H. The highest BCUT2D eigenvalue weighted by Gasteiger charge is 2.20. The lowest BCUT2D eigenvalue weighted by Gasteiger charge is -2.12. The van der Waals surface area contributed by atoms with Crippen molar-refractivity contribution in [2.24, 2.45) is 0 Å². The van der Waals surface area contributed by atoms with E-state index >= 15 is 0 Å². The highest BCUT2D eigenvalue weighted by atomic mass is 15.0. The topological polar surface area (TPSA) is 9.86 Å². The van der Waals surface area contributed by atoms with Crippen LogP contribution in [0.15, 0.2) is 182 Å². The maximum Gasteiger partial charge on any atom is 0.0547 e. The van der Waals surface area contributed by atoms with E-state index in [4.69, 9.17) is 0 Å². The summed E-state index contributed by atoms with van der Waals surface area (Å²) in [6.45, 7) is 0. The number of hydrogen-bond acceptors (Lipinski definition) is 0. The molecule has 0 saturated heterocycles. The van der Waals surface area contributed by atoms with Crippen LogP contribution < -0.4 is 0 Å². The fourth-order valence-corrected chi connectivity index (χ4v) is 7.81. The molecule has 48 heavy (non-hydrogen) atoms. The Balaban J connectivity index is 1.26. The summed E-state index contributed by atoms with van der Waals surface area (Å²) in [6.07, 6.45) is 0. The number of para-hydroxylation sites is 2. The van der Waals surface area contributed by atoms with Crippen LogP contribution in [0.5, 0.6) is 0 Å². The molecular formula is C46H30N2. The van der Waals surface area contributed by atoms with Gasteiger partial charge in [0, 0.05) is 32.9 Å². The highest BCUT2D eigenvalue weighted by molar-refractivity contribution is 6.22. The van der Waals surface area contributed by atoms with Crippen LogP contribution in [0.2, 0.25) is 0 Å². The molecule has 0 radical (unpaired) electrons. The molecule has 0 atom stereocenters. The first-order valence-electron chi connectivity index (χ1n) is 16.5. The third kappa shape index (κ3) is 4.00. The first kappa shape index (κ1) is 26.8. The van der Waals surface area contributed by atoms with Crippen LogP contribution >= 0.6 is 0 Å². The van der Waals surface area contributed by atoms with Crippen molar-refractivity contribution in [1.82, 2.24) is 9.13 Å². The molecule has 0 amide bonds. The van der Waals surface area contributed by atoms with Crippen molar-refractivity contribution >= 4 is 54.4 Å².